The number of aryl methyl sites for hydroxylation is 1. The number of carbonyl (C=O) groups excluding carboxylic acids is 1. The number of pyridine rings is 1. The van der Waals surface area contributed by atoms with Crippen LogP contribution in [0.5, 0.6) is 0 Å². The van der Waals surface area contributed by atoms with Crippen LogP contribution in [0.2, 0.25) is 0 Å². The zero-order valence-corrected chi connectivity index (χ0v) is 13.6. The van der Waals surface area contributed by atoms with E-state index in [4.69, 9.17) is 0 Å². The van der Waals surface area contributed by atoms with Crippen molar-refractivity contribution in [3.63, 3.8) is 0 Å². The highest BCUT2D eigenvalue weighted by Gasteiger charge is 2.11. The molecular formula is C16H14FN5OS. The second kappa shape index (κ2) is 7.22. The Kier molecular flexibility index (Phi) is 4.85. The average Bonchev–Trinajstić information content (AvgIpc) is 3.05. The van der Waals surface area contributed by atoms with Crippen molar-refractivity contribution in [1.82, 2.24) is 20.2 Å². The predicted octanol–water partition coefficient (Wildman–Crippen LogP) is 3.05. The quantitative estimate of drug-likeness (QED) is 0.696. The lowest BCUT2D eigenvalue weighted by Gasteiger charge is -2.06. The minimum Gasteiger partial charge on any atom is -0.323 e. The van der Waals surface area contributed by atoms with Crippen molar-refractivity contribution in [2.24, 2.45) is 0 Å². The Balaban J connectivity index is 1.58. The standard InChI is InChI=1S/C16H14FN5OS/c1-10-2-3-13(12(17)8-10)19-14(23)9-24-16-20-15(21-22-16)11-4-6-18-7-5-11/h2-8H,9H2,1H3,(H,19,23)(H,20,21,22). The smallest absolute Gasteiger partial charge is 0.234 e. The van der Waals surface area contributed by atoms with Crippen LogP contribution in [0.3, 0.4) is 0 Å². The Hall–Kier alpha value is -2.74. The number of anilines is 1. The summed E-state index contributed by atoms with van der Waals surface area (Å²) in [5, 5.41) is 9.85. The second-order valence-corrected chi connectivity index (χ2v) is 5.97. The van der Waals surface area contributed by atoms with Crippen molar-refractivity contribution in [2.45, 2.75) is 12.1 Å². The highest BCUT2D eigenvalue weighted by molar-refractivity contribution is 7.99. The number of hydrogen-bond donors (Lipinski definition) is 2. The molecule has 3 aromatic rings. The van der Waals surface area contributed by atoms with E-state index in [1.165, 1.54) is 17.8 Å². The number of halogens is 1. The predicted molar refractivity (Wildman–Crippen MR) is 90.1 cm³/mol. The number of benzene rings is 1. The number of nitrogens with zero attached hydrogens (tertiary/aromatic N) is 3. The maximum atomic E-state index is 13.7. The molecule has 0 saturated carbocycles. The Bertz CT molecular complexity index is 853. The highest BCUT2D eigenvalue weighted by Crippen LogP contribution is 2.19. The van der Waals surface area contributed by atoms with Gasteiger partial charge < -0.3 is 5.32 Å². The first-order chi connectivity index (χ1) is 11.6. The van der Waals surface area contributed by atoms with Crippen LogP contribution in [-0.2, 0) is 4.79 Å². The molecule has 0 fully saturated rings. The van der Waals surface area contributed by atoms with Crippen molar-refractivity contribution < 1.29 is 9.18 Å². The molecule has 6 nitrogen and oxygen atoms in total. The number of aromatic amines is 1. The van der Waals surface area contributed by atoms with E-state index in [0.717, 1.165) is 11.1 Å². The van der Waals surface area contributed by atoms with E-state index in [9.17, 15) is 9.18 Å². The second-order valence-electron chi connectivity index (χ2n) is 5.02. The number of thioether (sulfide) groups is 1. The number of hydrogen-bond acceptors (Lipinski definition) is 5. The number of carbonyl (C=O) groups is 1. The van der Waals surface area contributed by atoms with Crippen LogP contribution in [0.4, 0.5) is 10.1 Å². The molecule has 0 unspecified atom stereocenters. The zero-order valence-electron chi connectivity index (χ0n) is 12.8. The number of amides is 1. The largest absolute Gasteiger partial charge is 0.323 e. The van der Waals surface area contributed by atoms with Crippen LogP contribution in [0, 0.1) is 12.7 Å². The number of rotatable bonds is 5. The molecule has 2 N–H and O–H groups in total. The van der Waals surface area contributed by atoms with Crippen molar-refractivity contribution in [3.05, 3.63) is 54.1 Å². The Morgan fingerprint density at radius 1 is 1.29 bits per heavy atom. The number of aromatic nitrogens is 4. The average molecular weight is 343 g/mol. The minimum atomic E-state index is -0.453. The van der Waals surface area contributed by atoms with Gasteiger partial charge in [0.15, 0.2) is 5.82 Å². The van der Waals surface area contributed by atoms with Crippen LogP contribution in [0.1, 0.15) is 5.56 Å². The van der Waals surface area contributed by atoms with Gasteiger partial charge in [0, 0.05) is 18.0 Å². The van der Waals surface area contributed by atoms with Crippen LogP contribution in [0.25, 0.3) is 11.4 Å². The minimum absolute atomic E-state index is 0.0843. The summed E-state index contributed by atoms with van der Waals surface area (Å²) in [4.78, 5) is 20.2. The first-order valence-corrected chi connectivity index (χ1v) is 8.12. The summed E-state index contributed by atoms with van der Waals surface area (Å²) < 4.78 is 13.7. The fourth-order valence-electron chi connectivity index (χ4n) is 1.99. The third kappa shape index (κ3) is 3.96. The highest BCUT2D eigenvalue weighted by atomic mass is 32.2. The molecule has 0 aliphatic heterocycles. The van der Waals surface area contributed by atoms with E-state index in [1.807, 2.05) is 12.1 Å². The molecule has 3 rings (SSSR count). The third-order valence-corrected chi connectivity index (χ3v) is 4.00. The topological polar surface area (TPSA) is 83.6 Å². The molecule has 0 aliphatic carbocycles. The molecule has 0 spiro atoms. The third-order valence-electron chi connectivity index (χ3n) is 3.15. The van der Waals surface area contributed by atoms with Gasteiger partial charge in [-0.3, -0.25) is 14.9 Å². The first kappa shape index (κ1) is 16.1. The lowest BCUT2D eigenvalue weighted by atomic mass is 10.2. The fourth-order valence-corrected chi connectivity index (χ4v) is 2.59. The van der Waals surface area contributed by atoms with E-state index in [1.54, 1.807) is 31.5 Å². The molecule has 0 bridgehead atoms. The van der Waals surface area contributed by atoms with Gasteiger partial charge in [-0.1, -0.05) is 17.8 Å². The molecule has 0 radical (unpaired) electrons. The van der Waals surface area contributed by atoms with Crippen molar-refractivity contribution in [2.75, 3.05) is 11.1 Å². The SMILES string of the molecule is Cc1ccc(NC(=O)CSc2n[nH]c(-c3ccncc3)n2)c(F)c1. The summed E-state index contributed by atoms with van der Waals surface area (Å²) in [5.41, 5.74) is 1.82. The van der Waals surface area contributed by atoms with E-state index in [2.05, 4.69) is 25.5 Å². The molecule has 1 aromatic carbocycles. The molecule has 2 aromatic heterocycles. The summed E-state index contributed by atoms with van der Waals surface area (Å²) in [6.07, 6.45) is 3.32. The molecule has 122 valence electrons. The summed E-state index contributed by atoms with van der Waals surface area (Å²) in [6, 6.07) is 8.27. The summed E-state index contributed by atoms with van der Waals surface area (Å²) >= 11 is 1.17. The summed E-state index contributed by atoms with van der Waals surface area (Å²) in [6.45, 7) is 1.79. The van der Waals surface area contributed by atoms with Gasteiger partial charge in [-0.05, 0) is 36.8 Å². The zero-order chi connectivity index (χ0) is 16.9. The molecule has 0 atom stereocenters. The van der Waals surface area contributed by atoms with Gasteiger partial charge in [0.05, 0.1) is 11.4 Å². The van der Waals surface area contributed by atoms with Gasteiger partial charge >= 0.3 is 0 Å². The van der Waals surface area contributed by atoms with Crippen molar-refractivity contribution >= 4 is 23.4 Å². The first-order valence-electron chi connectivity index (χ1n) is 7.13. The normalized spacial score (nSPS) is 10.6. The van der Waals surface area contributed by atoms with E-state index < -0.39 is 5.82 Å². The number of H-pyrrole nitrogens is 1. The van der Waals surface area contributed by atoms with Crippen LogP contribution >= 0.6 is 11.8 Å². The van der Waals surface area contributed by atoms with Crippen molar-refractivity contribution in [1.29, 1.82) is 0 Å². The molecule has 8 heteroatoms. The Morgan fingerprint density at radius 3 is 2.83 bits per heavy atom. The monoisotopic (exact) mass is 343 g/mol. The summed E-state index contributed by atoms with van der Waals surface area (Å²) in [5.74, 6) is -0.0878. The van der Waals surface area contributed by atoms with Crippen molar-refractivity contribution in [3.8, 4) is 11.4 Å². The Labute approximate surface area is 141 Å². The lowest BCUT2D eigenvalue weighted by Crippen LogP contribution is -2.15. The maximum absolute atomic E-state index is 13.7. The molecule has 1 amide bonds. The molecule has 24 heavy (non-hydrogen) atoms. The molecule has 0 saturated heterocycles. The van der Waals surface area contributed by atoms with Gasteiger partial charge in [0.25, 0.3) is 0 Å². The molecular weight excluding hydrogens is 329 g/mol. The maximum Gasteiger partial charge on any atom is 0.234 e. The van der Waals surface area contributed by atoms with Gasteiger partial charge in [-0.25, -0.2) is 9.37 Å². The van der Waals surface area contributed by atoms with E-state index in [-0.39, 0.29) is 17.3 Å². The number of nitrogens with one attached hydrogen (secondary N) is 2. The molecule has 2 heterocycles. The van der Waals surface area contributed by atoms with E-state index >= 15 is 0 Å². The van der Waals surface area contributed by atoms with Crippen LogP contribution in [-0.4, -0.2) is 31.8 Å². The van der Waals surface area contributed by atoms with Crippen LogP contribution in [0.15, 0.2) is 47.9 Å². The van der Waals surface area contributed by atoms with Gasteiger partial charge in [0.2, 0.25) is 11.1 Å². The van der Waals surface area contributed by atoms with E-state index in [0.29, 0.717) is 11.0 Å². The van der Waals surface area contributed by atoms with Gasteiger partial charge in [0.1, 0.15) is 5.82 Å². The summed E-state index contributed by atoms with van der Waals surface area (Å²) in [7, 11) is 0. The fraction of sp³-hybridized carbons (Fsp3) is 0.125. The van der Waals surface area contributed by atoms with Crippen LogP contribution < -0.4 is 5.32 Å². The lowest BCUT2D eigenvalue weighted by molar-refractivity contribution is -0.113. The Morgan fingerprint density at radius 2 is 2.08 bits per heavy atom. The van der Waals surface area contributed by atoms with Gasteiger partial charge in [-0.2, -0.15) is 0 Å². The van der Waals surface area contributed by atoms with Gasteiger partial charge in [-0.15, -0.1) is 5.10 Å². The molecule has 0 aliphatic rings.